The summed E-state index contributed by atoms with van der Waals surface area (Å²) in [5, 5.41) is 2.27. The van der Waals surface area contributed by atoms with Gasteiger partial charge in [0, 0.05) is 12.2 Å². The van der Waals surface area contributed by atoms with E-state index < -0.39 is 17.5 Å². The van der Waals surface area contributed by atoms with Gasteiger partial charge in [-0.25, -0.2) is 8.78 Å². The Morgan fingerprint density at radius 2 is 2.11 bits per heavy atom. The standard InChI is InChI=1S/C12H13F2NO3S/c1-18-11(17)7-19-6-5-10(16)15-9-4-2-3-8(13)12(9)14/h2-4H,5-7H2,1H3,(H,15,16). The number of carbonyl (C=O) groups is 2. The zero-order chi connectivity index (χ0) is 14.3. The fourth-order valence-corrected chi connectivity index (χ4v) is 1.95. The van der Waals surface area contributed by atoms with Crippen LogP contribution in [0.5, 0.6) is 0 Å². The molecule has 0 saturated heterocycles. The summed E-state index contributed by atoms with van der Waals surface area (Å²) in [4.78, 5) is 22.3. The topological polar surface area (TPSA) is 55.4 Å². The quantitative estimate of drug-likeness (QED) is 0.644. The Kier molecular flexibility index (Phi) is 6.27. The van der Waals surface area contributed by atoms with Gasteiger partial charge < -0.3 is 10.1 Å². The number of carbonyl (C=O) groups excluding carboxylic acids is 2. The SMILES string of the molecule is COC(=O)CSCCC(=O)Nc1cccc(F)c1F. The van der Waals surface area contributed by atoms with E-state index in [0.29, 0.717) is 5.75 Å². The molecule has 0 radical (unpaired) electrons. The van der Waals surface area contributed by atoms with Crippen LogP contribution in [-0.2, 0) is 14.3 Å². The van der Waals surface area contributed by atoms with Crippen molar-refractivity contribution in [1.82, 2.24) is 0 Å². The number of hydrogen-bond acceptors (Lipinski definition) is 4. The summed E-state index contributed by atoms with van der Waals surface area (Å²) in [6, 6.07) is 3.55. The molecule has 19 heavy (non-hydrogen) atoms. The van der Waals surface area contributed by atoms with Crippen molar-refractivity contribution in [1.29, 1.82) is 0 Å². The van der Waals surface area contributed by atoms with Gasteiger partial charge in [-0.15, -0.1) is 11.8 Å². The second-order valence-corrected chi connectivity index (χ2v) is 4.63. The Labute approximate surface area is 113 Å². The molecule has 1 aromatic rings. The molecule has 0 aliphatic carbocycles. The maximum atomic E-state index is 13.2. The molecule has 0 bridgehead atoms. The Morgan fingerprint density at radius 1 is 1.37 bits per heavy atom. The lowest BCUT2D eigenvalue weighted by Crippen LogP contribution is -2.14. The van der Waals surface area contributed by atoms with E-state index in [4.69, 9.17) is 0 Å². The first-order valence-electron chi connectivity index (χ1n) is 5.43. The number of benzene rings is 1. The van der Waals surface area contributed by atoms with E-state index >= 15 is 0 Å². The molecule has 4 nitrogen and oxygen atoms in total. The highest BCUT2D eigenvalue weighted by atomic mass is 32.2. The van der Waals surface area contributed by atoms with Gasteiger partial charge in [0.25, 0.3) is 0 Å². The molecule has 1 amide bonds. The third kappa shape index (κ3) is 5.25. The average molecular weight is 289 g/mol. The van der Waals surface area contributed by atoms with Crippen molar-refractivity contribution in [2.24, 2.45) is 0 Å². The fraction of sp³-hybridized carbons (Fsp3) is 0.333. The van der Waals surface area contributed by atoms with Gasteiger partial charge in [-0.3, -0.25) is 9.59 Å². The maximum absolute atomic E-state index is 13.2. The number of thioether (sulfide) groups is 1. The monoisotopic (exact) mass is 289 g/mol. The highest BCUT2D eigenvalue weighted by molar-refractivity contribution is 7.99. The minimum atomic E-state index is -1.09. The lowest BCUT2D eigenvalue weighted by atomic mass is 10.3. The molecule has 0 unspecified atom stereocenters. The minimum absolute atomic E-state index is 0.0949. The van der Waals surface area contributed by atoms with Crippen molar-refractivity contribution < 1.29 is 23.1 Å². The normalized spacial score (nSPS) is 10.1. The molecule has 0 atom stereocenters. The number of ether oxygens (including phenoxy) is 1. The Balaban J connectivity index is 2.35. The van der Waals surface area contributed by atoms with Gasteiger partial charge in [-0.2, -0.15) is 0 Å². The zero-order valence-corrected chi connectivity index (χ0v) is 11.1. The number of nitrogens with one attached hydrogen (secondary N) is 1. The van der Waals surface area contributed by atoms with Crippen LogP contribution in [0.4, 0.5) is 14.5 Å². The molecule has 1 aromatic carbocycles. The van der Waals surface area contributed by atoms with Gasteiger partial charge >= 0.3 is 5.97 Å². The Morgan fingerprint density at radius 3 is 2.79 bits per heavy atom. The molecule has 1 N–H and O–H groups in total. The predicted octanol–water partition coefficient (Wildman–Crippen LogP) is 2.20. The molecule has 0 aliphatic heterocycles. The molecule has 0 spiro atoms. The summed E-state index contributed by atoms with van der Waals surface area (Å²) in [6.07, 6.45) is 0.0949. The summed E-state index contributed by atoms with van der Waals surface area (Å²) in [7, 11) is 1.28. The third-order valence-corrected chi connectivity index (χ3v) is 3.08. The second kappa shape index (κ2) is 7.73. The highest BCUT2D eigenvalue weighted by Gasteiger charge is 2.10. The first-order chi connectivity index (χ1) is 9.04. The maximum Gasteiger partial charge on any atom is 0.315 e. The summed E-state index contributed by atoms with van der Waals surface area (Å²) in [5.41, 5.74) is -0.192. The van der Waals surface area contributed by atoms with E-state index in [1.807, 2.05) is 0 Å². The van der Waals surface area contributed by atoms with Crippen LogP contribution >= 0.6 is 11.8 Å². The van der Waals surface area contributed by atoms with Crippen LogP contribution < -0.4 is 5.32 Å². The van der Waals surface area contributed by atoms with Crippen molar-refractivity contribution in [2.45, 2.75) is 6.42 Å². The van der Waals surface area contributed by atoms with Gasteiger partial charge in [-0.1, -0.05) is 6.07 Å². The van der Waals surface area contributed by atoms with Gasteiger partial charge in [-0.05, 0) is 12.1 Å². The second-order valence-electron chi connectivity index (χ2n) is 3.53. The molecule has 0 aliphatic rings. The molecule has 0 aromatic heterocycles. The van der Waals surface area contributed by atoms with E-state index in [1.165, 1.54) is 31.0 Å². The Bertz CT molecular complexity index is 468. The number of hydrogen-bond donors (Lipinski definition) is 1. The van der Waals surface area contributed by atoms with Gasteiger partial charge in [0.1, 0.15) is 0 Å². The smallest absolute Gasteiger partial charge is 0.315 e. The van der Waals surface area contributed by atoms with E-state index in [0.717, 1.165) is 6.07 Å². The van der Waals surface area contributed by atoms with Crippen LogP contribution in [0.15, 0.2) is 18.2 Å². The molecular weight excluding hydrogens is 276 g/mol. The summed E-state index contributed by atoms with van der Waals surface area (Å²) < 4.78 is 30.6. The van der Waals surface area contributed by atoms with Crippen molar-refractivity contribution in [3.8, 4) is 0 Å². The largest absolute Gasteiger partial charge is 0.468 e. The molecule has 7 heteroatoms. The van der Waals surface area contributed by atoms with Crippen LogP contribution in [-0.4, -0.2) is 30.5 Å². The van der Waals surface area contributed by atoms with Crippen LogP contribution in [0.2, 0.25) is 0 Å². The number of anilines is 1. The van der Waals surface area contributed by atoms with E-state index in [1.54, 1.807) is 0 Å². The van der Waals surface area contributed by atoms with E-state index in [-0.39, 0.29) is 23.8 Å². The molecule has 0 heterocycles. The first-order valence-corrected chi connectivity index (χ1v) is 6.58. The van der Waals surface area contributed by atoms with Crippen molar-refractivity contribution >= 4 is 29.3 Å². The molecule has 104 valence electrons. The van der Waals surface area contributed by atoms with Crippen molar-refractivity contribution in [2.75, 3.05) is 23.9 Å². The molecule has 1 rings (SSSR count). The van der Waals surface area contributed by atoms with Gasteiger partial charge in [0.15, 0.2) is 11.6 Å². The summed E-state index contributed by atoms with van der Waals surface area (Å²) in [5.74, 6) is -2.38. The van der Waals surface area contributed by atoms with Gasteiger partial charge in [0.05, 0.1) is 18.6 Å². The molecule has 0 saturated carbocycles. The third-order valence-electron chi connectivity index (χ3n) is 2.15. The molecule has 0 fully saturated rings. The average Bonchev–Trinajstić information content (AvgIpc) is 2.39. The zero-order valence-electron chi connectivity index (χ0n) is 10.2. The number of methoxy groups -OCH3 is 1. The molecular formula is C12H13F2NO3S. The predicted molar refractivity (Wildman–Crippen MR) is 68.9 cm³/mol. The first kappa shape index (κ1) is 15.4. The lowest BCUT2D eigenvalue weighted by Gasteiger charge is -2.06. The number of halogens is 2. The van der Waals surface area contributed by atoms with Crippen LogP contribution in [0.25, 0.3) is 0 Å². The van der Waals surface area contributed by atoms with E-state index in [9.17, 15) is 18.4 Å². The van der Waals surface area contributed by atoms with Gasteiger partial charge in [0.2, 0.25) is 5.91 Å². The van der Waals surface area contributed by atoms with Crippen LogP contribution in [0, 0.1) is 11.6 Å². The Hall–Kier alpha value is -1.63. The number of amides is 1. The highest BCUT2D eigenvalue weighted by Crippen LogP contribution is 2.16. The van der Waals surface area contributed by atoms with Crippen LogP contribution in [0.1, 0.15) is 6.42 Å². The van der Waals surface area contributed by atoms with Crippen LogP contribution in [0.3, 0.4) is 0 Å². The summed E-state index contributed by atoms with van der Waals surface area (Å²) >= 11 is 1.23. The summed E-state index contributed by atoms with van der Waals surface area (Å²) in [6.45, 7) is 0. The van der Waals surface area contributed by atoms with Crippen molar-refractivity contribution in [3.05, 3.63) is 29.8 Å². The number of rotatable bonds is 6. The lowest BCUT2D eigenvalue weighted by molar-refractivity contribution is -0.137. The van der Waals surface area contributed by atoms with E-state index in [2.05, 4.69) is 10.1 Å². The number of esters is 1. The fourth-order valence-electron chi connectivity index (χ4n) is 1.19. The van der Waals surface area contributed by atoms with Crippen molar-refractivity contribution in [3.63, 3.8) is 0 Å². The minimum Gasteiger partial charge on any atom is -0.468 e.